The largest absolute Gasteiger partial charge is 0.378 e. The lowest BCUT2D eigenvalue weighted by atomic mass is 9.99. The molecule has 2 N–H and O–H groups in total. The predicted octanol–water partition coefficient (Wildman–Crippen LogP) is 5.43. The Hall–Kier alpha value is -4.48. The summed E-state index contributed by atoms with van der Waals surface area (Å²) in [4.78, 5) is 27.7. The van der Waals surface area contributed by atoms with Crippen LogP contribution in [0.25, 0.3) is 27.6 Å². The van der Waals surface area contributed by atoms with Crippen LogP contribution in [0.5, 0.6) is 0 Å². The highest BCUT2D eigenvalue weighted by Gasteiger charge is 2.20. The molecule has 0 aliphatic carbocycles. The lowest BCUT2D eigenvalue weighted by Crippen LogP contribution is -2.34. The third-order valence-corrected chi connectivity index (χ3v) is 8.78. The van der Waals surface area contributed by atoms with Crippen molar-refractivity contribution in [1.82, 2.24) is 9.29 Å². The van der Waals surface area contributed by atoms with Gasteiger partial charge in [0.2, 0.25) is 0 Å². The van der Waals surface area contributed by atoms with Crippen LogP contribution in [-0.4, -0.2) is 33.1 Å². The number of thiophene rings is 1. The summed E-state index contributed by atoms with van der Waals surface area (Å²) in [7, 11) is -0.229. The van der Waals surface area contributed by atoms with Gasteiger partial charge in [0.05, 0.1) is 5.69 Å². The maximum Gasteiger partial charge on any atom is 0.333 e. The van der Waals surface area contributed by atoms with Crippen LogP contribution in [0.15, 0.2) is 99.4 Å². The van der Waals surface area contributed by atoms with Gasteiger partial charge in [0.25, 0.3) is 15.6 Å². The summed E-state index contributed by atoms with van der Waals surface area (Å²) in [6.45, 7) is 0. The summed E-state index contributed by atoms with van der Waals surface area (Å²) in [5.74, 6) is -0.778. The lowest BCUT2D eigenvalue weighted by molar-refractivity contribution is 0.256. The molecule has 0 aliphatic rings. The number of hydrogen-bond acceptors (Lipinski definition) is 6. The van der Waals surface area contributed by atoms with E-state index in [4.69, 9.17) is 0 Å². The van der Waals surface area contributed by atoms with E-state index in [2.05, 4.69) is 5.32 Å². The summed E-state index contributed by atoms with van der Waals surface area (Å²) in [5, 5.41) is 5.04. The van der Waals surface area contributed by atoms with Crippen molar-refractivity contribution < 1.29 is 17.6 Å². The Kier molecular flexibility index (Phi) is 6.94. The number of carbonyl (C=O) groups is 1. The SMILES string of the molecule is CN(C)c1ccc2c(=O)n(-c3ccc(NC(=O)NS(=O)(=O)c4cccs4)cc3F)cc(-c3ccccc3)c2c1. The topological polar surface area (TPSA) is 101 Å². The zero-order valence-corrected chi connectivity index (χ0v) is 22.5. The lowest BCUT2D eigenvalue weighted by Gasteiger charge is -2.17. The van der Waals surface area contributed by atoms with Gasteiger partial charge < -0.3 is 10.2 Å². The molecule has 0 atom stereocenters. The van der Waals surface area contributed by atoms with Gasteiger partial charge in [-0.3, -0.25) is 9.36 Å². The van der Waals surface area contributed by atoms with E-state index in [0.29, 0.717) is 5.39 Å². The zero-order chi connectivity index (χ0) is 27.7. The van der Waals surface area contributed by atoms with E-state index in [0.717, 1.165) is 39.6 Å². The predicted molar refractivity (Wildman–Crippen MR) is 153 cm³/mol. The Bertz CT molecular complexity index is 1850. The number of hydrogen-bond donors (Lipinski definition) is 2. The number of nitrogens with one attached hydrogen (secondary N) is 2. The van der Waals surface area contributed by atoms with Crippen molar-refractivity contribution in [3.8, 4) is 16.8 Å². The number of rotatable bonds is 6. The molecule has 0 saturated heterocycles. The number of carbonyl (C=O) groups excluding carboxylic acids is 1. The molecule has 11 heteroatoms. The van der Waals surface area contributed by atoms with Crippen LogP contribution >= 0.6 is 11.3 Å². The Labute approximate surface area is 228 Å². The van der Waals surface area contributed by atoms with E-state index in [1.54, 1.807) is 23.7 Å². The first kappa shape index (κ1) is 26.1. The van der Waals surface area contributed by atoms with E-state index in [1.807, 2.05) is 66.2 Å². The number of nitrogens with zero attached hydrogens (tertiary/aromatic N) is 2. The molecule has 198 valence electrons. The van der Waals surface area contributed by atoms with Crippen molar-refractivity contribution in [3.05, 3.63) is 107 Å². The summed E-state index contributed by atoms with van der Waals surface area (Å²) < 4.78 is 43.0. The van der Waals surface area contributed by atoms with Gasteiger partial charge >= 0.3 is 6.03 Å². The summed E-state index contributed by atoms with van der Waals surface area (Å²) >= 11 is 0.959. The van der Waals surface area contributed by atoms with Gasteiger partial charge in [0, 0.05) is 42.6 Å². The Morgan fingerprint density at radius 1 is 0.949 bits per heavy atom. The molecule has 2 amide bonds. The van der Waals surface area contributed by atoms with E-state index in [1.165, 1.54) is 22.8 Å². The van der Waals surface area contributed by atoms with Gasteiger partial charge in [0.15, 0.2) is 0 Å². The molecule has 3 aromatic carbocycles. The van der Waals surface area contributed by atoms with Crippen molar-refractivity contribution >= 4 is 49.5 Å². The monoisotopic (exact) mass is 562 g/mol. The molecule has 8 nitrogen and oxygen atoms in total. The number of urea groups is 1. The number of pyridine rings is 1. The molecular weight excluding hydrogens is 539 g/mol. The molecule has 39 heavy (non-hydrogen) atoms. The fourth-order valence-electron chi connectivity index (χ4n) is 4.16. The number of anilines is 2. The van der Waals surface area contributed by atoms with E-state index < -0.39 is 27.4 Å². The van der Waals surface area contributed by atoms with Crippen LogP contribution < -0.4 is 20.5 Å². The Morgan fingerprint density at radius 2 is 1.72 bits per heavy atom. The van der Waals surface area contributed by atoms with Crippen LogP contribution in [-0.2, 0) is 10.0 Å². The van der Waals surface area contributed by atoms with Crippen LogP contribution in [0.1, 0.15) is 0 Å². The summed E-state index contributed by atoms with van der Waals surface area (Å²) in [5.41, 5.74) is 2.10. The zero-order valence-electron chi connectivity index (χ0n) is 20.9. The first-order chi connectivity index (χ1) is 18.6. The van der Waals surface area contributed by atoms with Crippen molar-refractivity contribution in [3.63, 3.8) is 0 Å². The molecule has 5 aromatic rings. The quantitative estimate of drug-likeness (QED) is 0.287. The minimum Gasteiger partial charge on any atom is -0.378 e. The molecule has 2 heterocycles. The highest BCUT2D eigenvalue weighted by atomic mass is 32.2. The van der Waals surface area contributed by atoms with Crippen molar-refractivity contribution in [2.75, 3.05) is 24.3 Å². The van der Waals surface area contributed by atoms with E-state index in [-0.39, 0.29) is 15.6 Å². The van der Waals surface area contributed by atoms with Crippen molar-refractivity contribution in [2.24, 2.45) is 0 Å². The van der Waals surface area contributed by atoms with Crippen LogP contribution in [0.3, 0.4) is 0 Å². The smallest absolute Gasteiger partial charge is 0.333 e. The number of halogens is 1. The average molecular weight is 563 g/mol. The maximum atomic E-state index is 15.4. The van der Waals surface area contributed by atoms with Crippen LogP contribution in [0, 0.1) is 5.82 Å². The molecule has 5 rings (SSSR count). The molecule has 0 unspecified atom stereocenters. The third kappa shape index (κ3) is 5.27. The highest BCUT2D eigenvalue weighted by Crippen LogP contribution is 2.31. The second-order valence-corrected chi connectivity index (χ2v) is 11.7. The second kappa shape index (κ2) is 10.4. The fourth-order valence-corrected chi connectivity index (χ4v) is 6.06. The van der Waals surface area contributed by atoms with Gasteiger partial charge in [-0.2, -0.15) is 0 Å². The Morgan fingerprint density at radius 3 is 2.38 bits per heavy atom. The first-order valence-electron chi connectivity index (χ1n) is 11.7. The molecule has 0 bridgehead atoms. The van der Waals surface area contributed by atoms with Crippen molar-refractivity contribution in [2.45, 2.75) is 4.21 Å². The van der Waals surface area contributed by atoms with Gasteiger partial charge in [-0.15, -0.1) is 11.3 Å². The highest BCUT2D eigenvalue weighted by molar-refractivity contribution is 7.92. The van der Waals surface area contributed by atoms with E-state index in [9.17, 15) is 18.0 Å². The molecule has 0 fully saturated rings. The molecule has 2 aromatic heterocycles. The standard InChI is InChI=1S/C28H23FN4O4S2/c1-32(2)20-11-12-21-22(16-20)23(18-7-4-3-5-8-18)17-33(27(21)34)25-13-10-19(15-24(25)29)30-28(35)31-39(36,37)26-9-6-14-38-26/h3-17H,1-2H3,(H2,30,31,35). The number of fused-ring (bicyclic) bond motifs is 1. The molecule has 0 radical (unpaired) electrons. The van der Waals surface area contributed by atoms with Gasteiger partial charge in [-0.1, -0.05) is 36.4 Å². The van der Waals surface area contributed by atoms with E-state index >= 15 is 4.39 Å². The van der Waals surface area contributed by atoms with Gasteiger partial charge in [-0.25, -0.2) is 22.3 Å². The van der Waals surface area contributed by atoms with Gasteiger partial charge in [0.1, 0.15) is 10.0 Å². The average Bonchev–Trinajstić information content (AvgIpc) is 3.46. The fraction of sp³-hybridized carbons (Fsp3) is 0.0714. The van der Waals surface area contributed by atoms with Crippen molar-refractivity contribution in [1.29, 1.82) is 0 Å². The summed E-state index contributed by atoms with van der Waals surface area (Å²) in [6.07, 6.45) is 1.60. The number of sulfonamides is 1. The molecule has 0 saturated carbocycles. The Balaban J connectivity index is 1.53. The summed E-state index contributed by atoms with van der Waals surface area (Å²) in [6, 6.07) is 20.6. The molecule has 0 spiro atoms. The maximum absolute atomic E-state index is 15.4. The number of amides is 2. The number of aromatic nitrogens is 1. The third-order valence-electron chi connectivity index (χ3n) is 6.05. The van der Waals surface area contributed by atoms with Crippen LogP contribution in [0.4, 0.5) is 20.6 Å². The molecule has 0 aliphatic heterocycles. The van der Waals surface area contributed by atoms with Gasteiger partial charge in [-0.05, 0) is 58.8 Å². The normalized spacial score (nSPS) is 11.4. The minimum atomic E-state index is -4.05. The number of benzene rings is 3. The first-order valence-corrected chi connectivity index (χ1v) is 14.1. The second-order valence-electron chi connectivity index (χ2n) is 8.87. The molecular formula is C28H23FN4O4S2. The minimum absolute atomic E-state index is 0.0166. The van der Waals surface area contributed by atoms with Crippen LogP contribution in [0.2, 0.25) is 0 Å².